The number of hydrogen-bond donors (Lipinski definition) is 3. The van der Waals surface area contributed by atoms with Crippen molar-refractivity contribution >= 4 is 47.1 Å². The molecule has 1 saturated carbocycles. The van der Waals surface area contributed by atoms with E-state index in [1.165, 1.54) is 28.5 Å². The molecule has 0 spiro atoms. The molecule has 0 aromatic heterocycles. The number of thioether (sulfide) groups is 1. The number of carbonyl (C=O) groups is 6. The van der Waals surface area contributed by atoms with Crippen molar-refractivity contribution in [3.63, 3.8) is 0 Å². The van der Waals surface area contributed by atoms with Gasteiger partial charge in [-0.3, -0.25) is 28.9 Å². The van der Waals surface area contributed by atoms with Gasteiger partial charge in [-0.15, -0.1) is 11.8 Å². The molecule has 3 N–H and O–H groups in total. The topological polar surface area (TPSA) is 199 Å². The molecule has 16 nitrogen and oxygen atoms in total. The molecule has 68 heavy (non-hydrogen) atoms. The van der Waals surface area contributed by atoms with Crippen LogP contribution in [-0.2, 0) is 53.1 Å². The number of carboxylic acids is 1. The molecule has 1 aromatic rings. The number of likely N-dealkylation sites (N-methyl/N-ethyl adjacent to an activating group) is 2. The number of benzene rings is 1. The number of hydrogen-bond acceptors (Lipinski definition) is 13. The van der Waals surface area contributed by atoms with E-state index in [4.69, 9.17) is 23.7 Å². The quantitative estimate of drug-likeness (QED) is 0.0466. The number of carboxylic acid groups (broad SMARTS) is 1. The fourth-order valence-corrected chi connectivity index (χ4v) is 9.72. The van der Waals surface area contributed by atoms with Gasteiger partial charge < -0.3 is 44.3 Å². The third kappa shape index (κ3) is 18.1. The van der Waals surface area contributed by atoms with Gasteiger partial charge in [-0.25, -0.2) is 4.79 Å². The molecular weight excluding hydrogens is 893 g/mol. The van der Waals surface area contributed by atoms with Crippen molar-refractivity contribution in [2.45, 2.75) is 130 Å². The van der Waals surface area contributed by atoms with Crippen LogP contribution in [-0.4, -0.2) is 160 Å². The van der Waals surface area contributed by atoms with Gasteiger partial charge in [-0.1, -0.05) is 73.6 Å². The Labute approximate surface area is 409 Å². The zero-order chi connectivity index (χ0) is 50.6. The van der Waals surface area contributed by atoms with Crippen LogP contribution >= 0.6 is 11.8 Å². The van der Waals surface area contributed by atoms with Gasteiger partial charge in [-0.05, 0) is 74.6 Å². The predicted octanol–water partition coefficient (Wildman–Crippen LogP) is 5.69. The second kappa shape index (κ2) is 28.7. The first-order valence-corrected chi connectivity index (χ1v) is 25.4. The molecular formula is C51H82N4O12S. The lowest BCUT2D eigenvalue weighted by Gasteiger charge is -2.40. The summed E-state index contributed by atoms with van der Waals surface area (Å²) in [7, 11) is 3.36. The summed E-state index contributed by atoms with van der Waals surface area (Å²) < 4.78 is 28.4. The molecule has 1 unspecified atom stereocenters. The second-order valence-corrected chi connectivity index (χ2v) is 21.2. The summed E-state index contributed by atoms with van der Waals surface area (Å²) in [6, 6.07) is 5.49. The number of ketones is 1. The van der Waals surface area contributed by atoms with Crippen LogP contribution in [0.3, 0.4) is 0 Å². The highest BCUT2D eigenvalue weighted by Gasteiger charge is 2.43. The molecule has 1 aromatic carbocycles. The fourth-order valence-electron chi connectivity index (χ4n) is 8.69. The molecule has 0 radical (unpaired) electrons. The summed E-state index contributed by atoms with van der Waals surface area (Å²) in [5, 5.41) is 15.3. The van der Waals surface area contributed by atoms with E-state index < -0.39 is 34.9 Å². The Morgan fingerprint density at radius 1 is 0.853 bits per heavy atom. The zero-order valence-electron chi connectivity index (χ0n) is 42.7. The van der Waals surface area contributed by atoms with Gasteiger partial charge in [0.15, 0.2) is 0 Å². The van der Waals surface area contributed by atoms with Crippen LogP contribution in [0.5, 0.6) is 5.75 Å². The first-order valence-electron chi connectivity index (χ1n) is 24.3. The van der Waals surface area contributed by atoms with Gasteiger partial charge >= 0.3 is 5.97 Å². The normalized spacial score (nSPS) is 19.5. The van der Waals surface area contributed by atoms with E-state index in [9.17, 15) is 33.9 Å². The Balaban J connectivity index is 1.27. The van der Waals surface area contributed by atoms with E-state index in [0.717, 1.165) is 31.2 Å². The Morgan fingerprint density at radius 3 is 1.90 bits per heavy atom. The van der Waals surface area contributed by atoms with Gasteiger partial charge in [0.2, 0.25) is 23.6 Å². The van der Waals surface area contributed by atoms with Gasteiger partial charge in [0.1, 0.15) is 24.2 Å². The van der Waals surface area contributed by atoms with Crippen molar-refractivity contribution < 1.29 is 57.6 Å². The van der Waals surface area contributed by atoms with Crippen molar-refractivity contribution in [3.05, 3.63) is 41.5 Å². The first kappa shape index (κ1) is 58.4. The maximum absolute atomic E-state index is 14.0. The van der Waals surface area contributed by atoms with Crippen molar-refractivity contribution in [1.82, 2.24) is 20.4 Å². The summed E-state index contributed by atoms with van der Waals surface area (Å²) in [6.07, 6.45) is 5.86. The van der Waals surface area contributed by atoms with Crippen molar-refractivity contribution in [1.29, 1.82) is 0 Å². The predicted molar refractivity (Wildman–Crippen MR) is 264 cm³/mol. The van der Waals surface area contributed by atoms with E-state index >= 15 is 0 Å². The zero-order valence-corrected chi connectivity index (χ0v) is 43.5. The van der Waals surface area contributed by atoms with Crippen molar-refractivity contribution in [2.24, 2.45) is 23.2 Å². The van der Waals surface area contributed by atoms with E-state index in [-0.39, 0.29) is 58.6 Å². The number of nitrogens with zero attached hydrogens (tertiary/aromatic N) is 2. The maximum atomic E-state index is 14.0. The Morgan fingerprint density at radius 2 is 1.40 bits per heavy atom. The number of ether oxygens (including phenoxy) is 5. The standard InChI is InChI=1S/C51H82N4O12S/c1-12-41(56)37-15-13-36(14-16-37)33-55-43(57)32-42(47(55)59)68-30-29-66-26-25-64-22-21-63-23-24-65-27-28-67-39-19-17-38(18-20-39)51(8,9)44(52-10)46(58)53-45(50(5,6)7)48(60)54(11)40(34(2)3)31-35(4)49(61)62/h17-20,31,34,36-37,40,42,44-45,52H,12-16,21-30,32-33H2,1-11H3,(H,53,58)(H,61,62)/b35-31+/t36?,37?,40-,42?,44-,45-/m1/s1. The smallest absolute Gasteiger partial charge is 0.331 e. The number of aliphatic carboxylic acids is 1. The fraction of sp³-hybridized carbons (Fsp3) is 0.725. The van der Waals surface area contributed by atoms with Crippen LogP contribution in [0.25, 0.3) is 0 Å². The third-order valence-corrected chi connectivity index (χ3v) is 14.1. The molecule has 1 heterocycles. The van der Waals surface area contributed by atoms with Crippen molar-refractivity contribution in [3.8, 4) is 5.75 Å². The summed E-state index contributed by atoms with van der Waals surface area (Å²) in [5.41, 5.74) is -0.298. The number of amides is 4. The summed E-state index contributed by atoms with van der Waals surface area (Å²) in [6.45, 7) is 21.0. The Kier molecular flexibility index (Phi) is 24.7. The molecule has 17 heteroatoms. The lowest BCUT2D eigenvalue weighted by atomic mass is 9.76. The van der Waals surface area contributed by atoms with E-state index in [2.05, 4.69) is 10.6 Å². The molecule has 1 aliphatic carbocycles. The van der Waals surface area contributed by atoms with E-state index in [0.29, 0.717) is 89.7 Å². The molecule has 4 amide bonds. The summed E-state index contributed by atoms with van der Waals surface area (Å²) in [4.78, 5) is 80.1. The highest BCUT2D eigenvalue weighted by molar-refractivity contribution is 8.00. The molecule has 3 rings (SSSR count). The molecule has 0 bridgehead atoms. The molecule has 2 aliphatic rings. The average Bonchev–Trinajstić information content (AvgIpc) is 3.56. The molecule has 1 aliphatic heterocycles. The third-order valence-electron chi connectivity index (χ3n) is 13.0. The minimum Gasteiger partial charge on any atom is -0.491 e. The monoisotopic (exact) mass is 975 g/mol. The Bertz CT molecular complexity index is 1810. The number of carbonyl (C=O) groups excluding carboxylic acids is 5. The minimum absolute atomic E-state index is 0.0637. The lowest BCUT2D eigenvalue weighted by molar-refractivity contribution is -0.141. The van der Waals surface area contributed by atoms with Crippen LogP contribution < -0.4 is 15.4 Å². The number of rotatable bonds is 31. The van der Waals surface area contributed by atoms with Gasteiger partial charge in [0.25, 0.3) is 0 Å². The minimum atomic E-state index is -1.05. The van der Waals surface area contributed by atoms with Crippen LogP contribution in [0.15, 0.2) is 35.9 Å². The van der Waals surface area contributed by atoms with E-state index in [1.807, 2.05) is 79.7 Å². The van der Waals surface area contributed by atoms with Crippen molar-refractivity contribution in [2.75, 3.05) is 85.9 Å². The van der Waals surface area contributed by atoms with Crippen LogP contribution in [0.4, 0.5) is 0 Å². The van der Waals surface area contributed by atoms with Gasteiger partial charge in [0.05, 0.1) is 70.2 Å². The number of Topliss-reactive ketones (excluding diaryl/α,β-unsaturated/α-hetero) is 1. The van der Waals surface area contributed by atoms with E-state index in [1.54, 1.807) is 20.2 Å². The second-order valence-electron chi connectivity index (χ2n) is 19.9. The molecule has 1 saturated heterocycles. The van der Waals surface area contributed by atoms with Crippen LogP contribution in [0, 0.1) is 23.2 Å². The van der Waals surface area contributed by atoms with Crippen LogP contribution in [0.2, 0.25) is 0 Å². The average molecular weight is 975 g/mol. The van der Waals surface area contributed by atoms with Gasteiger partial charge in [0, 0.05) is 49.1 Å². The lowest BCUT2D eigenvalue weighted by Crippen LogP contribution is -2.61. The summed E-state index contributed by atoms with van der Waals surface area (Å²) >= 11 is 1.47. The highest BCUT2D eigenvalue weighted by Crippen LogP contribution is 2.34. The largest absolute Gasteiger partial charge is 0.491 e. The SMILES string of the molecule is CCC(=O)C1CCC(CN2C(=O)CC(SCCOCCOCCOCCOCCOc3ccc(C(C)(C)[C@H](NC)C(=O)N[C@H](C(=O)N(C)[C@H](/C=C(\C)C(=O)O)C(C)C)C(C)(C)C)cc3)C2=O)CC1. The molecule has 2 fully saturated rings. The first-order chi connectivity index (χ1) is 32.1. The van der Waals surface area contributed by atoms with Gasteiger partial charge in [-0.2, -0.15) is 0 Å². The number of likely N-dealkylation sites (tertiary alicyclic amines) is 1. The maximum Gasteiger partial charge on any atom is 0.331 e. The number of nitrogens with one attached hydrogen (secondary N) is 2. The molecule has 384 valence electrons. The Hall–Kier alpha value is -3.87. The number of imide groups is 1. The van der Waals surface area contributed by atoms with Crippen LogP contribution in [0.1, 0.15) is 106 Å². The summed E-state index contributed by atoms with van der Waals surface area (Å²) in [5.74, 6) is 0.0517. The highest BCUT2D eigenvalue weighted by atomic mass is 32.2. The molecule has 4 atom stereocenters.